The fourth-order valence-corrected chi connectivity index (χ4v) is 2.77. The largest absolute Gasteiger partial charge is 0.355 e. The quantitative estimate of drug-likeness (QED) is 0.318. The van der Waals surface area contributed by atoms with E-state index in [0.29, 0.717) is 58.5 Å². The normalized spacial score (nSPS) is 21.6. The molecule has 0 unspecified atom stereocenters. The number of hydrazine groups is 1. The number of hydrogen-bond donors (Lipinski definition) is 3. The first kappa shape index (κ1) is 15.7. The van der Waals surface area contributed by atoms with Crippen LogP contribution in [0.4, 0.5) is 0 Å². The van der Waals surface area contributed by atoms with Crippen LogP contribution < -0.4 is 16.6 Å². The summed E-state index contributed by atoms with van der Waals surface area (Å²) in [5, 5.41) is 2.79. The molecule has 0 spiro atoms. The Morgan fingerprint density at radius 2 is 1.95 bits per heavy atom. The minimum absolute atomic E-state index is 0.0403. The molecular weight excluding hydrogens is 274 g/mol. The first-order valence-electron chi connectivity index (χ1n) is 7.37. The molecule has 0 saturated carbocycles. The number of nitrogens with two attached hydrogens (primary N) is 1. The highest BCUT2D eigenvalue weighted by molar-refractivity contribution is 5.81. The SMILES string of the molecule is NNC(=O)C1CCN(C(=O)CN2CCNC(=O)CC2)CC1. The van der Waals surface area contributed by atoms with Gasteiger partial charge in [0.05, 0.1) is 6.54 Å². The van der Waals surface area contributed by atoms with E-state index >= 15 is 0 Å². The van der Waals surface area contributed by atoms with Crippen molar-refractivity contribution >= 4 is 17.7 Å². The fourth-order valence-electron chi connectivity index (χ4n) is 2.77. The van der Waals surface area contributed by atoms with E-state index in [1.807, 2.05) is 4.90 Å². The number of carbonyl (C=O) groups is 3. The van der Waals surface area contributed by atoms with Gasteiger partial charge in [-0.15, -0.1) is 0 Å². The van der Waals surface area contributed by atoms with Crippen LogP contribution in [-0.2, 0) is 14.4 Å². The molecule has 0 aromatic carbocycles. The van der Waals surface area contributed by atoms with Gasteiger partial charge in [-0.2, -0.15) is 0 Å². The van der Waals surface area contributed by atoms with Crippen molar-refractivity contribution in [3.05, 3.63) is 0 Å². The number of carbonyl (C=O) groups excluding carboxylic acids is 3. The van der Waals surface area contributed by atoms with Gasteiger partial charge in [-0.05, 0) is 12.8 Å². The van der Waals surface area contributed by atoms with Crippen molar-refractivity contribution in [1.29, 1.82) is 0 Å². The van der Waals surface area contributed by atoms with Crippen molar-refractivity contribution in [3.63, 3.8) is 0 Å². The summed E-state index contributed by atoms with van der Waals surface area (Å²) in [6, 6.07) is 0. The predicted molar refractivity (Wildman–Crippen MR) is 75.7 cm³/mol. The van der Waals surface area contributed by atoms with Crippen LogP contribution in [-0.4, -0.2) is 66.8 Å². The highest BCUT2D eigenvalue weighted by Gasteiger charge is 2.27. The molecule has 0 radical (unpaired) electrons. The maximum Gasteiger partial charge on any atom is 0.237 e. The number of likely N-dealkylation sites (tertiary alicyclic amines) is 1. The summed E-state index contributed by atoms with van der Waals surface area (Å²) in [5.74, 6) is 4.98. The van der Waals surface area contributed by atoms with Gasteiger partial charge in [-0.25, -0.2) is 5.84 Å². The molecule has 2 aliphatic heterocycles. The van der Waals surface area contributed by atoms with Gasteiger partial charge >= 0.3 is 0 Å². The van der Waals surface area contributed by atoms with Gasteiger partial charge < -0.3 is 10.2 Å². The van der Waals surface area contributed by atoms with Crippen molar-refractivity contribution in [2.75, 3.05) is 39.3 Å². The van der Waals surface area contributed by atoms with Crippen molar-refractivity contribution in [3.8, 4) is 0 Å². The zero-order valence-electron chi connectivity index (χ0n) is 12.1. The minimum atomic E-state index is -0.154. The molecule has 0 aromatic heterocycles. The predicted octanol–water partition coefficient (Wildman–Crippen LogP) is -1.96. The fraction of sp³-hybridized carbons (Fsp3) is 0.769. The Labute approximate surface area is 124 Å². The third kappa shape index (κ3) is 4.40. The van der Waals surface area contributed by atoms with Gasteiger partial charge in [-0.3, -0.25) is 24.7 Å². The van der Waals surface area contributed by atoms with Gasteiger partial charge in [0.1, 0.15) is 0 Å². The van der Waals surface area contributed by atoms with Crippen LogP contribution in [0.25, 0.3) is 0 Å². The third-order valence-electron chi connectivity index (χ3n) is 4.12. The number of piperidine rings is 1. The summed E-state index contributed by atoms with van der Waals surface area (Å²) in [4.78, 5) is 38.8. The van der Waals surface area contributed by atoms with E-state index in [1.165, 1.54) is 0 Å². The second kappa shape index (κ2) is 7.37. The van der Waals surface area contributed by atoms with Gasteiger partial charge in [0.15, 0.2) is 0 Å². The summed E-state index contributed by atoms with van der Waals surface area (Å²) in [7, 11) is 0. The lowest BCUT2D eigenvalue weighted by molar-refractivity contribution is -0.136. The monoisotopic (exact) mass is 297 g/mol. The summed E-state index contributed by atoms with van der Waals surface area (Å²) >= 11 is 0. The molecule has 8 nitrogen and oxygen atoms in total. The maximum absolute atomic E-state index is 12.3. The second-order valence-electron chi connectivity index (χ2n) is 5.54. The van der Waals surface area contributed by atoms with Gasteiger partial charge in [0.2, 0.25) is 17.7 Å². The highest BCUT2D eigenvalue weighted by Crippen LogP contribution is 2.17. The Morgan fingerprint density at radius 3 is 2.62 bits per heavy atom. The lowest BCUT2D eigenvalue weighted by atomic mass is 9.96. The average Bonchev–Trinajstić information content (AvgIpc) is 2.71. The molecule has 2 rings (SSSR count). The molecule has 2 aliphatic rings. The molecule has 21 heavy (non-hydrogen) atoms. The highest BCUT2D eigenvalue weighted by atomic mass is 16.2. The number of rotatable bonds is 3. The van der Waals surface area contributed by atoms with Crippen LogP contribution >= 0.6 is 0 Å². The number of amides is 3. The molecule has 8 heteroatoms. The molecule has 2 fully saturated rings. The summed E-state index contributed by atoms with van der Waals surface area (Å²) in [6.07, 6.45) is 1.73. The number of hydrogen-bond acceptors (Lipinski definition) is 5. The Bertz CT molecular complexity index is 407. The van der Waals surface area contributed by atoms with E-state index < -0.39 is 0 Å². The second-order valence-corrected chi connectivity index (χ2v) is 5.54. The molecule has 0 atom stereocenters. The van der Waals surface area contributed by atoms with E-state index in [-0.39, 0.29) is 23.6 Å². The topological polar surface area (TPSA) is 108 Å². The molecule has 118 valence electrons. The first-order valence-corrected chi connectivity index (χ1v) is 7.37. The Hall–Kier alpha value is -1.67. The molecule has 0 aromatic rings. The van der Waals surface area contributed by atoms with E-state index in [0.717, 1.165) is 0 Å². The van der Waals surface area contributed by atoms with Gasteiger partial charge in [0.25, 0.3) is 0 Å². The molecule has 3 amide bonds. The Kier molecular flexibility index (Phi) is 5.51. The minimum Gasteiger partial charge on any atom is -0.355 e. The van der Waals surface area contributed by atoms with Crippen molar-refractivity contribution in [2.24, 2.45) is 11.8 Å². The molecule has 4 N–H and O–H groups in total. The van der Waals surface area contributed by atoms with E-state index in [1.54, 1.807) is 4.90 Å². The van der Waals surface area contributed by atoms with Crippen molar-refractivity contribution in [1.82, 2.24) is 20.5 Å². The van der Waals surface area contributed by atoms with Crippen LogP contribution in [0.3, 0.4) is 0 Å². The molecular formula is C13H23N5O3. The lowest BCUT2D eigenvalue weighted by Gasteiger charge is -2.32. The zero-order valence-corrected chi connectivity index (χ0v) is 12.1. The van der Waals surface area contributed by atoms with Crippen molar-refractivity contribution in [2.45, 2.75) is 19.3 Å². The van der Waals surface area contributed by atoms with Gasteiger partial charge in [0, 0.05) is 45.1 Å². The average molecular weight is 297 g/mol. The Morgan fingerprint density at radius 1 is 1.24 bits per heavy atom. The molecule has 2 saturated heterocycles. The number of nitrogens with zero attached hydrogens (tertiary/aromatic N) is 2. The first-order chi connectivity index (χ1) is 10.1. The lowest BCUT2D eigenvalue weighted by Crippen LogP contribution is -2.47. The van der Waals surface area contributed by atoms with Crippen LogP contribution in [0.15, 0.2) is 0 Å². The standard InChI is InChI=1S/C13H23N5O3/c14-16-13(21)10-1-6-18(7-2-10)12(20)9-17-5-3-11(19)15-4-8-17/h10H,1-9,14H2,(H,15,19)(H,16,21). The smallest absolute Gasteiger partial charge is 0.237 e. The summed E-state index contributed by atoms with van der Waals surface area (Å²) in [5.41, 5.74) is 2.17. The summed E-state index contributed by atoms with van der Waals surface area (Å²) in [6.45, 7) is 3.41. The van der Waals surface area contributed by atoms with E-state index in [9.17, 15) is 14.4 Å². The molecule has 2 heterocycles. The van der Waals surface area contributed by atoms with Crippen LogP contribution in [0, 0.1) is 5.92 Å². The van der Waals surface area contributed by atoms with E-state index in [4.69, 9.17) is 5.84 Å². The van der Waals surface area contributed by atoms with Crippen LogP contribution in [0.1, 0.15) is 19.3 Å². The molecule has 0 bridgehead atoms. The van der Waals surface area contributed by atoms with Crippen LogP contribution in [0.5, 0.6) is 0 Å². The molecule has 0 aliphatic carbocycles. The Balaban J connectivity index is 1.77. The van der Waals surface area contributed by atoms with E-state index in [2.05, 4.69) is 10.7 Å². The summed E-state index contributed by atoms with van der Waals surface area (Å²) < 4.78 is 0. The third-order valence-corrected chi connectivity index (χ3v) is 4.12. The van der Waals surface area contributed by atoms with Crippen LogP contribution in [0.2, 0.25) is 0 Å². The van der Waals surface area contributed by atoms with Crippen molar-refractivity contribution < 1.29 is 14.4 Å². The zero-order chi connectivity index (χ0) is 15.2. The van der Waals surface area contributed by atoms with Gasteiger partial charge in [-0.1, -0.05) is 0 Å². The maximum atomic E-state index is 12.3. The number of nitrogens with one attached hydrogen (secondary N) is 2.